The average Bonchev–Trinajstić information content (AvgIpc) is 3.18. The van der Waals surface area contributed by atoms with Gasteiger partial charge in [-0.25, -0.2) is 0 Å². The first-order valence-corrected chi connectivity index (χ1v) is 9.44. The molecule has 0 radical (unpaired) electrons. The molecule has 1 atom stereocenters. The monoisotopic (exact) mass is 388 g/mol. The van der Waals surface area contributed by atoms with Crippen LogP contribution in [0, 0.1) is 0 Å². The minimum Gasteiger partial charge on any atom is -0.482 e. The Hall–Kier alpha value is -2.87. The molecule has 0 saturated carbocycles. The Balaban J connectivity index is 1.48. The third kappa shape index (κ3) is 4.85. The molecule has 2 heterocycles. The second-order valence-corrected chi connectivity index (χ2v) is 7.01. The Labute approximate surface area is 160 Å². The van der Waals surface area contributed by atoms with Gasteiger partial charge >= 0.3 is 5.97 Å². The molecular weight excluding hydrogens is 368 g/mol. The number of thiophene rings is 1. The summed E-state index contributed by atoms with van der Waals surface area (Å²) in [5, 5.41) is 4.66. The van der Waals surface area contributed by atoms with E-state index in [1.165, 1.54) is 23.2 Å². The van der Waals surface area contributed by atoms with Crippen LogP contribution in [0.25, 0.3) is 0 Å². The summed E-state index contributed by atoms with van der Waals surface area (Å²) in [7, 11) is 0. The maximum absolute atomic E-state index is 12.1. The Morgan fingerprint density at radius 3 is 2.89 bits per heavy atom. The van der Waals surface area contributed by atoms with Crippen LogP contribution in [0.5, 0.6) is 5.75 Å². The van der Waals surface area contributed by atoms with Crippen LogP contribution in [0.3, 0.4) is 0 Å². The molecule has 0 bridgehead atoms. The van der Waals surface area contributed by atoms with Crippen LogP contribution in [0.2, 0.25) is 0 Å². The lowest BCUT2D eigenvalue weighted by molar-refractivity contribution is -0.154. The number of ether oxygens (including phenoxy) is 2. The summed E-state index contributed by atoms with van der Waals surface area (Å²) in [6.07, 6.45) is -0.909. The number of hydrogen-bond acceptors (Lipinski definition) is 6. The topological polar surface area (TPSA) is 84.9 Å². The van der Waals surface area contributed by atoms with Crippen LogP contribution < -0.4 is 15.0 Å². The third-order valence-electron chi connectivity index (χ3n) is 4.04. The van der Waals surface area contributed by atoms with Crippen LogP contribution in [0.4, 0.5) is 5.69 Å². The summed E-state index contributed by atoms with van der Waals surface area (Å²) in [5.41, 5.74) is 0.628. The van der Waals surface area contributed by atoms with Gasteiger partial charge in [0, 0.05) is 11.4 Å². The van der Waals surface area contributed by atoms with E-state index in [4.69, 9.17) is 9.47 Å². The molecule has 0 fully saturated rings. The Morgan fingerprint density at radius 2 is 2.11 bits per heavy atom. The first-order valence-electron chi connectivity index (χ1n) is 8.56. The Kier molecular flexibility index (Phi) is 6.08. The van der Waals surface area contributed by atoms with Gasteiger partial charge in [-0.15, -0.1) is 11.3 Å². The van der Waals surface area contributed by atoms with Crippen molar-refractivity contribution >= 4 is 34.8 Å². The van der Waals surface area contributed by atoms with E-state index < -0.39 is 12.1 Å². The maximum atomic E-state index is 12.1. The second-order valence-electron chi connectivity index (χ2n) is 5.98. The number of benzene rings is 1. The van der Waals surface area contributed by atoms with E-state index in [-0.39, 0.29) is 31.4 Å². The molecule has 1 aliphatic rings. The van der Waals surface area contributed by atoms with Crippen molar-refractivity contribution in [2.45, 2.75) is 26.0 Å². The van der Waals surface area contributed by atoms with Gasteiger partial charge < -0.3 is 19.7 Å². The number of nitrogens with one attached hydrogen (secondary N) is 1. The standard InChI is InChI=1S/C19H20N2O5S/c1-13(19(24)20-11-14-5-4-10-27-14)26-18(23)8-9-21-15-6-2-3-7-16(15)25-12-17(21)22/h2-7,10,13H,8-9,11-12H2,1H3,(H,20,24)/t13-/m0/s1. The van der Waals surface area contributed by atoms with E-state index in [9.17, 15) is 14.4 Å². The molecule has 3 rings (SSSR count). The molecule has 0 spiro atoms. The van der Waals surface area contributed by atoms with E-state index in [1.54, 1.807) is 18.2 Å². The van der Waals surface area contributed by atoms with Crippen LogP contribution in [-0.4, -0.2) is 37.0 Å². The fraction of sp³-hybridized carbons (Fsp3) is 0.316. The van der Waals surface area contributed by atoms with Crippen LogP contribution in [0.1, 0.15) is 18.2 Å². The molecular formula is C19H20N2O5S. The van der Waals surface area contributed by atoms with Crippen LogP contribution in [0.15, 0.2) is 41.8 Å². The summed E-state index contributed by atoms with van der Waals surface area (Å²) in [5.74, 6) is -0.509. The summed E-state index contributed by atoms with van der Waals surface area (Å²) in [6, 6.07) is 11.0. The lowest BCUT2D eigenvalue weighted by atomic mass is 10.2. The van der Waals surface area contributed by atoms with Gasteiger partial charge in [0.05, 0.1) is 18.7 Å². The zero-order valence-electron chi connectivity index (χ0n) is 14.8. The van der Waals surface area contributed by atoms with Crippen molar-refractivity contribution in [3.63, 3.8) is 0 Å². The van der Waals surface area contributed by atoms with Gasteiger partial charge in [0.25, 0.3) is 11.8 Å². The summed E-state index contributed by atoms with van der Waals surface area (Å²) < 4.78 is 10.5. The lowest BCUT2D eigenvalue weighted by Gasteiger charge is -2.29. The number of carbonyl (C=O) groups is 3. The first kappa shape index (κ1) is 18.9. The van der Waals surface area contributed by atoms with Crippen LogP contribution in [-0.2, 0) is 25.7 Å². The van der Waals surface area contributed by atoms with Crippen molar-refractivity contribution in [2.75, 3.05) is 18.1 Å². The normalized spacial score (nSPS) is 14.1. The minimum atomic E-state index is -0.898. The second kappa shape index (κ2) is 8.68. The minimum absolute atomic E-state index is 0.0113. The van der Waals surface area contributed by atoms with Gasteiger partial charge in [0.1, 0.15) is 5.75 Å². The average molecular weight is 388 g/mol. The number of anilines is 1. The molecule has 2 aromatic rings. The zero-order chi connectivity index (χ0) is 19.2. The van der Waals surface area contributed by atoms with Gasteiger partial charge in [-0.2, -0.15) is 0 Å². The lowest BCUT2D eigenvalue weighted by Crippen LogP contribution is -2.41. The van der Waals surface area contributed by atoms with E-state index >= 15 is 0 Å². The quantitative estimate of drug-likeness (QED) is 0.735. The fourth-order valence-electron chi connectivity index (χ4n) is 2.64. The molecule has 1 aliphatic heterocycles. The maximum Gasteiger partial charge on any atom is 0.308 e. The molecule has 7 nitrogen and oxygen atoms in total. The molecule has 142 valence electrons. The molecule has 2 amide bonds. The number of para-hydroxylation sites is 2. The SMILES string of the molecule is C[C@H](OC(=O)CCN1C(=O)COc2ccccc21)C(=O)NCc1cccs1. The molecule has 0 saturated heterocycles. The predicted molar refractivity (Wildman–Crippen MR) is 101 cm³/mol. The molecule has 0 aliphatic carbocycles. The zero-order valence-corrected chi connectivity index (χ0v) is 15.7. The fourth-order valence-corrected chi connectivity index (χ4v) is 3.29. The number of nitrogens with zero attached hydrogens (tertiary/aromatic N) is 1. The third-order valence-corrected chi connectivity index (χ3v) is 4.92. The summed E-state index contributed by atoms with van der Waals surface area (Å²) in [6.45, 7) is 2.03. The van der Waals surface area contributed by atoms with E-state index in [1.807, 2.05) is 23.6 Å². The number of hydrogen-bond donors (Lipinski definition) is 1. The Bertz CT molecular complexity index is 821. The number of carbonyl (C=O) groups excluding carboxylic acids is 3. The summed E-state index contributed by atoms with van der Waals surface area (Å²) in [4.78, 5) is 38.7. The number of esters is 1. The smallest absolute Gasteiger partial charge is 0.308 e. The highest BCUT2D eigenvalue weighted by molar-refractivity contribution is 7.09. The van der Waals surface area contributed by atoms with E-state index in [0.717, 1.165) is 4.88 Å². The molecule has 1 aromatic carbocycles. The van der Waals surface area contributed by atoms with E-state index in [2.05, 4.69) is 5.32 Å². The Morgan fingerprint density at radius 1 is 1.30 bits per heavy atom. The van der Waals surface area contributed by atoms with Crippen molar-refractivity contribution in [1.82, 2.24) is 5.32 Å². The van der Waals surface area contributed by atoms with Gasteiger partial charge in [-0.3, -0.25) is 14.4 Å². The molecule has 27 heavy (non-hydrogen) atoms. The highest BCUT2D eigenvalue weighted by Crippen LogP contribution is 2.31. The van der Waals surface area contributed by atoms with Crippen molar-refractivity contribution in [3.05, 3.63) is 46.7 Å². The van der Waals surface area contributed by atoms with Crippen molar-refractivity contribution < 1.29 is 23.9 Å². The van der Waals surface area contributed by atoms with Gasteiger partial charge in [-0.1, -0.05) is 18.2 Å². The van der Waals surface area contributed by atoms with Crippen molar-refractivity contribution in [1.29, 1.82) is 0 Å². The highest BCUT2D eigenvalue weighted by atomic mass is 32.1. The van der Waals surface area contributed by atoms with E-state index in [0.29, 0.717) is 18.0 Å². The number of amides is 2. The van der Waals surface area contributed by atoms with Gasteiger partial charge in [0.2, 0.25) is 0 Å². The molecule has 1 aromatic heterocycles. The van der Waals surface area contributed by atoms with Gasteiger partial charge in [0.15, 0.2) is 12.7 Å². The largest absolute Gasteiger partial charge is 0.482 e. The first-order chi connectivity index (χ1) is 13.0. The molecule has 8 heteroatoms. The van der Waals surface area contributed by atoms with Crippen molar-refractivity contribution in [2.24, 2.45) is 0 Å². The summed E-state index contributed by atoms with van der Waals surface area (Å²) >= 11 is 1.54. The van der Waals surface area contributed by atoms with Crippen molar-refractivity contribution in [3.8, 4) is 5.75 Å². The number of rotatable bonds is 7. The predicted octanol–water partition coefficient (Wildman–Crippen LogP) is 2.11. The molecule has 0 unspecified atom stereocenters. The highest BCUT2D eigenvalue weighted by Gasteiger charge is 2.26. The number of fused-ring (bicyclic) bond motifs is 1. The van der Waals surface area contributed by atoms with Crippen LogP contribution >= 0.6 is 11.3 Å². The van der Waals surface area contributed by atoms with Gasteiger partial charge in [-0.05, 0) is 30.5 Å². The molecule has 1 N–H and O–H groups in total.